The van der Waals surface area contributed by atoms with Crippen LogP contribution in [0.3, 0.4) is 0 Å². The summed E-state index contributed by atoms with van der Waals surface area (Å²) in [5.74, 6) is 0.372. The summed E-state index contributed by atoms with van der Waals surface area (Å²) in [5, 5.41) is 8.80. The molecule has 1 unspecified atom stereocenters. The van der Waals surface area contributed by atoms with Crippen LogP contribution in [0.25, 0.3) is 0 Å². The molecule has 0 spiro atoms. The molecule has 0 amide bonds. The summed E-state index contributed by atoms with van der Waals surface area (Å²) in [7, 11) is 0. The van der Waals surface area contributed by atoms with E-state index in [9.17, 15) is 4.79 Å². The number of carboxylic acids is 1. The van der Waals surface area contributed by atoms with Gasteiger partial charge in [-0.05, 0) is 6.42 Å². The number of imidazole rings is 1. The monoisotopic (exact) mass is 181 g/mol. The van der Waals surface area contributed by atoms with Gasteiger partial charge in [-0.15, -0.1) is 0 Å². The van der Waals surface area contributed by atoms with Gasteiger partial charge in [0.05, 0.1) is 12.1 Å². The number of carbonyl (C=O) groups is 1. The third-order valence-corrected chi connectivity index (χ3v) is 2.45. The highest BCUT2D eigenvalue weighted by Gasteiger charge is 2.25. The number of anilines is 1. The first-order valence-electron chi connectivity index (χ1n) is 4.21. The summed E-state index contributed by atoms with van der Waals surface area (Å²) in [4.78, 5) is 14.8. The van der Waals surface area contributed by atoms with Crippen molar-refractivity contribution in [2.75, 3.05) is 5.73 Å². The molecule has 1 atom stereocenters. The van der Waals surface area contributed by atoms with Crippen molar-refractivity contribution in [2.24, 2.45) is 5.92 Å². The number of rotatable bonds is 1. The summed E-state index contributed by atoms with van der Waals surface area (Å²) in [6.45, 7) is 0.665. The molecular formula is C8H11N3O2. The number of nitrogen functional groups attached to an aromatic ring is 1. The number of hydrogen-bond acceptors (Lipinski definition) is 3. The van der Waals surface area contributed by atoms with Gasteiger partial charge < -0.3 is 15.4 Å². The predicted molar refractivity (Wildman–Crippen MR) is 46.1 cm³/mol. The van der Waals surface area contributed by atoms with Gasteiger partial charge in [-0.25, -0.2) is 4.98 Å². The fourth-order valence-electron chi connectivity index (χ4n) is 1.67. The maximum atomic E-state index is 10.7. The Morgan fingerprint density at radius 2 is 2.54 bits per heavy atom. The summed E-state index contributed by atoms with van der Waals surface area (Å²) in [6, 6.07) is 0. The molecule has 3 N–H and O–H groups in total. The maximum Gasteiger partial charge on any atom is 0.307 e. The lowest BCUT2D eigenvalue weighted by Crippen LogP contribution is -2.26. The number of aromatic nitrogens is 2. The zero-order chi connectivity index (χ0) is 9.42. The van der Waals surface area contributed by atoms with E-state index in [4.69, 9.17) is 10.8 Å². The first-order chi connectivity index (χ1) is 6.18. The largest absolute Gasteiger partial charge is 0.481 e. The Balaban J connectivity index is 2.25. The molecule has 2 heterocycles. The topological polar surface area (TPSA) is 81.1 Å². The van der Waals surface area contributed by atoms with Gasteiger partial charge in [0.25, 0.3) is 0 Å². The van der Waals surface area contributed by atoms with Crippen molar-refractivity contribution in [1.29, 1.82) is 0 Å². The SMILES string of the molecule is Nc1cnc2n1CCC(C(=O)O)C2. The van der Waals surface area contributed by atoms with E-state index in [1.165, 1.54) is 0 Å². The van der Waals surface area contributed by atoms with Gasteiger partial charge in [-0.3, -0.25) is 4.79 Å². The van der Waals surface area contributed by atoms with Crippen LogP contribution in [0.1, 0.15) is 12.2 Å². The van der Waals surface area contributed by atoms with E-state index < -0.39 is 5.97 Å². The number of carboxylic acid groups (broad SMARTS) is 1. The fraction of sp³-hybridized carbons (Fsp3) is 0.500. The molecule has 0 fully saturated rings. The second-order valence-corrected chi connectivity index (χ2v) is 3.28. The average Bonchev–Trinajstić information content (AvgIpc) is 2.47. The lowest BCUT2D eigenvalue weighted by atomic mass is 9.98. The zero-order valence-electron chi connectivity index (χ0n) is 7.10. The van der Waals surface area contributed by atoms with Crippen LogP contribution in [0.4, 0.5) is 5.82 Å². The Morgan fingerprint density at radius 3 is 3.23 bits per heavy atom. The molecule has 1 aliphatic heterocycles. The van der Waals surface area contributed by atoms with E-state index in [1.54, 1.807) is 6.20 Å². The van der Waals surface area contributed by atoms with E-state index in [2.05, 4.69) is 4.98 Å². The van der Waals surface area contributed by atoms with Crippen molar-refractivity contribution >= 4 is 11.8 Å². The summed E-state index contributed by atoms with van der Waals surface area (Å²) in [6.07, 6.45) is 2.72. The molecule has 1 aromatic heterocycles. The van der Waals surface area contributed by atoms with Gasteiger partial charge in [-0.1, -0.05) is 0 Å². The molecule has 1 aromatic rings. The molecule has 0 aliphatic carbocycles. The quantitative estimate of drug-likeness (QED) is 0.644. The number of nitrogens with zero attached hydrogens (tertiary/aromatic N) is 2. The minimum Gasteiger partial charge on any atom is -0.481 e. The molecule has 5 nitrogen and oxygen atoms in total. The highest BCUT2D eigenvalue weighted by molar-refractivity contribution is 5.70. The number of aliphatic carboxylic acids is 1. The molecule has 0 bridgehead atoms. The molecule has 0 saturated heterocycles. The van der Waals surface area contributed by atoms with Crippen LogP contribution in [0.15, 0.2) is 6.20 Å². The van der Waals surface area contributed by atoms with Crippen LogP contribution in [-0.2, 0) is 17.8 Å². The average molecular weight is 181 g/mol. The third kappa shape index (κ3) is 1.26. The normalized spacial score (nSPS) is 21.1. The minimum absolute atomic E-state index is 0.297. The van der Waals surface area contributed by atoms with Crippen LogP contribution in [-0.4, -0.2) is 20.6 Å². The van der Waals surface area contributed by atoms with Crippen molar-refractivity contribution in [3.8, 4) is 0 Å². The van der Waals surface area contributed by atoms with Crippen LogP contribution >= 0.6 is 0 Å². The van der Waals surface area contributed by atoms with Crippen molar-refractivity contribution in [3.05, 3.63) is 12.0 Å². The van der Waals surface area contributed by atoms with Gasteiger partial charge in [0.15, 0.2) is 0 Å². The molecule has 0 aromatic carbocycles. The van der Waals surface area contributed by atoms with Crippen molar-refractivity contribution < 1.29 is 9.90 Å². The Hall–Kier alpha value is -1.52. The number of nitrogens with two attached hydrogens (primary N) is 1. The van der Waals surface area contributed by atoms with Crippen molar-refractivity contribution in [3.63, 3.8) is 0 Å². The summed E-state index contributed by atoms with van der Waals surface area (Å²) >= 11 is 0. The first kappa shape index (κ1) is 8.10. The van der Waals surface area contributed by atoms with Crippen molar-refractivity contribution in [2.45, 2.75) is 19.4 Å². The van der Waals surface area contributed by atoms with Gasteiger partial charge in [0.1, 0.15) is 11.6 Å². The first-order valence-corrected chi connectivity index (χ1v) is 4.21. The van der Waals surface area contributed by atoms with Crippen LogP contribution in [0, 0.1) is 5.92 Å². The smallest absolute Gasteiger partial charge is 0.307 e. The Bertz CT molecular complexity index is 345. The molecule has 1 aliphatic rings. The Labute approximate surface area is 75.2 Å². The molecule has 5 heteroatoms. The predicted octanol–water partition coefficient (Wildman–Crippen LogP) is 0.112. The second kappa shape index (κ2) is 2.76. The maximum absolute atomic E-state index is 10.7. The fourth-order valence-corrected chi connectivity index (χ4v) is 1.67. The van der Waals surface area contributed by atoms with E-state index in [0.717, 1.165) is 5.82 Å². The molecule has 2 rings (SSSR count). The van der Waals surface area contributed by atoms with E-state index >= 15 is 0 Å². The van der Waals surface area contributed by atoms with Gasteiger partial charge in [0, 0.05) is 13.0 Å². The highest BCUT2D eigenvalue weighted by Crippen LogP contribution is 2.22. The van der Waals surface area contributed by atoms with Crippen molar-refractivity contribution in [1.82, 2.24) is 9.55 Å². The van der Waals surface area contributed by atoms with Gasteiger partial charge in [-0.2, -0.15) is 0 Å². The van der Waals surface area contributed by atoms with E-state index in [-0.39, 0.29) is 5.92 Å². The molecule has 13 heavy (non-hydrogen) atoms. The molecule has 70 valence electrons. The summed E-state index contributed by atoms with van der Waals surface area (Å²) in [5.41, 5.74) is 5.64. The number of fused-ring (bicyclic) bond motifs is 1. The highest BCUT2D eigenvalue weighted by atomic mass is 16.4. The molecule has 0 saturated carbocycles. The Morgan fingerprint density at radius 1 is 1.77 bits per heavy atom. The third-order valence-electron chi connectivity index (χ3n) is 2.45. The zero-order valence-corrected chi connectivity index (χ0v) is 7.10. The van der Waals surface area contributed by atoms with Crippen LogP contribution in [0.2, 0.25) is 0 Å². The Kier molecular flexibility index (Phi) is 1.72. The lowest BCUT2D eigenvalue weighted by molar-refractivity contribution is -0.142. The van der Waals surface area contributed by atoms with Gasteiger partial charge >= 0.3 is 5.97 Å². The standard InChI is InChI=1S/C8H11N3O2/c9-6-4-10-7-3-5(8(12)13)1-2-11(6)7/h4-5H,1-3,9H2,(H,12,13). The van der Waals surface area contributed by atoms with Crippen LogP contribution in [0.5, 0.6) is 0 Å². The van der Waals surface area contributed by atoms with E-state index in [0.29, 0.717) is 25.2 Å². The van der Waals surface area contributed by atoms with Crippen LogP contribution < -0.4 is 5.73 Å². The lowest BCUT2D eigenvalue weighted by Gasteiger charge is -2.20. The minimum atomic E-state index is -0.743. The summed E-state index contributed by atoms with van der Waals surface area (Å²) < 4.78 is 1.87. The number of hydrogen-bond donors (Lipinski definition) is 2. The van der Waals surface area contributed by atoms with E-state index in [1.807, 2.05) is 4.57 Å². The molecular weight excluding hydrogens is 170 g/mol. The molecule has 0 radical (unpaired) electrons. The van der Waals surface area contributed by atoms with Gasteiger partial charge in [0.2, 0.25) is 0 Å². The second-order valence-electron chi connectivity index (χ2n) is 3.28.